The predicted molar refractivity (Wildman–Crippen MR) is 111 cm³/mol. The lowest BCUT2D eigenvalue weighted by atomic mass is 9.70. The first-order valence-electron chi connectivity index (χ1n) is 10.8. The molecule has 0 bridgehead atoms. The first-order chi connectivity index (χ1) is 14.6. The topological polar surface area (TPSA) is 63.2 Å². The van der Waals surface area contributed by atoms with Gasteiger partial charge in [0.15, 0.2) is 5.65 Å². The van der Waals surface area contributed by atoms with Gasteiger partial charge in [-0.25, -0.2) is 4.39 Å². The number of aryl methyl sites for hydroxylation is 1. The van der Waals surface area contributed by atoms with E-state index in [-0.39, 0.29) is 11.9 Å². The van der Waals surface area contributed by atoms with Gasteiger partial charge in [0.1, 0.15) is 17.4 Å². The molecule has 2 saturated carbocycles. The van der Waals surface area contributed by atoms with Crippen LogP contribution in [-0.4, -0.2) is 20.7 Å². The molecule has 5 rings (SSSR count). The third-order valence-electron chi connectivity index (χ3n) is 6.71. The summed E-state index contributed by atoms with van der Waals surface area (Å²) in [5.41, 5.74) is 2.20. The Labute approximate surface area is 175 Å². The minimum Gasteiger partial charge on any atom is -0.490 e. The monoisotopic (exact) mass is 404 g/mol. The molecular weight excluding hydrogens is 379 g/mol. The van der Waals surface area contributed by atoms with Gasteiger partial charge in [0.25, 0.3) is 0 Å². The molecule has 6 heteroatoms. The highest BCUT2D eigenvalue weighted by Crippen LogP contribution is 2.40. The Morgan fingerprint density at radius 2 is 1.87 bits per heavy atom. The Bertz CT molecular complexity index is 1100. The van der Waals surface area contributed by atoms with Gasteiger partial charge in [-0.1, -0.05) is 12.1 Å². The van der Waals surface area contributed by atoms with Crippen molar-refractivity contribution in [3.63, 3.8) is 0 Å². The van der Waals surface area contributed by atoms with Gasteiger partial charge in [0, 0.05) is 18.2 Å². The molecule has 154 valence electrons. The van der Waals surface area contributed by atoms with Crippen molar-refractivity contribution in [2.24, 2.45) is 5.92 Å². The van der Waals surface area contributed by atoms with E-state index in [2.05, 4.69) is 20.7 Å². The smallest absolute Gasteiger partial charge is 0.167 e. The molecule has 0 aliphatic heterocycles. The van der Waals surface area contributed by atoms with E-state index >= 15 is 0 Å². The number of nitrogens with zero attached hydrogens (tertiary/aromatic N) is 4. The van der Waals surface area contributed by atoms with Gasteiger partial charge < -0.3 is 4.74 Å². The summed E-state index contributed by atoms with van der Waals surface area (Å²) in [5.74, 6) is 2.35. The fourth-order valence-corrected chi connectivity index (χ4v) is 4.58. The quantitative estimate of drug-likeness (QED) is 0.606. The second-order valence-corrected chi connectivity index (χ2v) is 8.78. The number of hydrogen-bond donors (Lipinski definition) is 0. The van der Waals surface area contributed by atoms with Crippen molar-refractivity contribution in [3.8, 4) is 11.8 Å². The molecule has 0 atom stereocenters. The normalized spacial score (nSPS) is 24.0. The summed E-state index contributed by atoms with van der Waals surface area (Å²) < 4.78 is 21.7. The van der Waals surface area contributed by atoms with Crippen molar-refractivity contribution in [2.45, 2.75) is 63.4 Å². The van der Waals surface area contributed by atoms with E-state index in [1.807, 2.05) is 19.2 Å². The first kappa shape index (κ1) is 19.0. The molecule has 2 fully saturated rings. The number of rotatable bonds is 5. The van der Waals surface area contributed by atoms with E-state index in [4.69, 9.17) is 4.74 Å². The van der Waals surface area contributed by atoms with Gasteiger partial charge in [-0.2, -0.15) is 5.26 Å². The van der Waals surface area contributed by atoms with Crippen LogP contribution in [0.25, 0.3) is 5.65 Å². The molecule has 3 aromatic rings. The molecule has 0 saturated heterocycles. The molecule has 0 unspecified atom stereocenters. The van der Waals surface area contributed by atoms with Crippen LogP contribution in [0.15, 0.2) is 36.5 Å². The molecule has 0 radical (unpaired) electrons. The van der Waals surface area contributed by atoms with Crippen molar-refractivity contribution in [1.82, 2.24) is 14.6 Å². The summed E-state index contributed by atoms with van der Waals surface area (Å²) in [7, 11) is 0. The molecular formula is C24H25FN4O. The number of halogens is 1. The minimum absolute atomic E-state index is 0.0573. The lowest BCUT2D eigenvalue weighted by molar-refractivity contribution is 0.131. The van der Waals surface area contributed by atoms with Gasteiger partial charge >= 0.3 is 0 Å². The summed E-state index contributed by atoms with van der Waals surface area (Å²) in [5, 5.41) is 18.7. The summed E-state index contributed by atoms with van der Waals surface area (Å²) in [6, 6.07) is 10.9. The van der Waals surface area contributed by atoms with Crippen LogP contribution in [0.2, 0.25) is 0 Å². The lowest BCUT2D eigenvalue weighted by Crippen LogP contribution is -2.34. The van der Waals surface area contributed by atoms with Crippen LogP contribution < -0.4 is 4.74 Å². The van der Waals surface area contributed by atoms with E-state index < -0.39 is 5.41 Å². The van der Waals surface area contributed by atoms with Crippen LogP contribution in [0.1, 0.15) is 55.5 Å². The molecule has 0 amide bonds. The van der Waals surface area contributed by atoms with E-state index in [0.717, 1.165) is 53.5 Å². The van der Waals surface area contributed by atoms with E-state index in [0.29, 0.717) is 12.8 Å². The molecule has 1 aromatic carbocycles. The molecule has 2 aliphatic rings. The van der Waals surface area contributed by atoms with Gasteiger partial charge in [-0.15, -0.1) is 10.2 Å². The minimum atomic E-state index is -0.558. The molecule has 5 nitrogen and oxygen atoms in total. The highest BCUT2D eigenvalue weighted by Gasteiger charge is 2.38. The SMILES string of the molecule is Cc1c(O[C@H]2CC[C@](C#N)(c3ccc(F)cc3)CC2)ccn2c(CC3CC3)nnc12. The number of pyridine rings is 1. The zero-order valence-electron chi connectivity index (χ0n) is 17.1. The van der Waals surface area contributed by atoms with Crippen LogP contribution in [0.5, 0.6) is 5.75 Å². The van der Waals surface area contributed by atoms with Crippen LogP contribution >= 0.6 is 0 Å². The van der Waals surface area contributed by atoms with Crippen molar-refractivity contribution in [1.29, 1.82) is 5.26 Å². The first-order valence-corrected chi connectivity index (χ1v) is 10.8. The van der Waals surface area contributed by atoms with Crippen LogP contribution in [0.4, 0.5) is 4.39 Å². The fraction of sp³-hybridized carbons (Fsp3) is 0.458. The van der Waals surface area contributed by atoms with Crippen molar-refractivity contribution in [3.05, 3.63) is 59.3 Å². The van der Waals surface area contributed by atoms with E-state index in [1.54, 1.807) is 12.1 Å². The average molecular weight is 404 g/mol. The Morgan fingerprint density at radius 1 is 1.13 bits per heavy atom. The largest absolute Gasteiger partial charge is 0.490 e. The number of fused-ring (bicyclic) bond motifs is 1. The van der Waals surface area contributed by atoms with Gasteiger partial charge in [0.2, 0.25) is 0 Å². The summed E-state index contributed by atoms with van der Waals surface area (Å²) in [6.07, 6.45) is 8.62. The Balaban J connectivity index is 1.30. The zero-order valence-corrected chi connectivity index (χ0v) is 17.1. The number of ether oxygens (including phenoxy) is 1. The second-order valence-electron chi connectivity index (χ2n) is 8.78. The highest BCUT2D eigenvalue weighted by molar-refractivity contribution is 5.54. The third-order valence-corrected chi connectivity index (χ3v) is 6.71. The van der Waals surface area contributed by atoms with E-state index in [9.17, 15) is 9.65 Å². The van der Waals surface area contributed by atoms with Gasteiger partial charge in [-0.3, -0.25) is 4.40 Å². The van der Waals surface area contributed by atoms with E-state index in [1.165, 1.54) is 25.0 Å². The third kappa shape index (κ3) is 3.43. The molecule has 2 aromatic heterocycles. The van der Waals surface area contributed by atoms with Crippen LogP contribution in [-0.2, 0) is 11.8 Å². The molecule has 2 aliphatic carbocycles. The summed E-state index contributed by atoms with van der Waals surface area (Å²) >= 11 is 0. The average Bonchev–Trinajstić information content (AvgIpc) is 3.49. The standard InChI is InChI=1S/C24H25FN4O/c1-16-21(10-13-29-22(14-17-2-3-17)27-28-23(16)29)30-20-8-11-24(15-26,12-9-20)18-4-6-19(25)7-5-18/h4-7,10,13,17,20H,2-3,8-9,11-12,14H2,1H3/t20-,24-. The number of hydrogen-bond acceptors (Lipinski definition) is 4. The van der Waals surface area contributed by atoms with Crippen molar-refractivity contribution >= 4 is 5.65 Å². The van der Waals surface area contributed by atoms with Crippen molar-refractivity contribution < 1.29 is 9.13 Å². The van der Waals surface area contributed by atoms with Crippen molar-refractivity contribution in [2.75, 3.05) is 0 Å². The molecule has 2 heterocycles. The maximum Gasteiger partial charge on any atom is 0.167 e. The fourth-order valence-electron chi connectivity index (χ4n) is 4.58. The zero-order chi connectivity index (χ0) is 20.7. The van der Waals surface area contributed by atoms with Crippen LogP contribution in [0, 0.1) is 30.0 Å². The van der Waals surface area contributed by atoms with Gasteiger partial charge in [-0.05, 0) is 75.1 Å². The highest BCUT2D eigenvalue weighted by atomic mass is 19.1. The maximum absolute atomic E-state index is 13.3. The summed E-state index contributed by atoms with van der Waals surface area (Å²) in [6.45, 7) is 2.03. The van der Waals surface area contributed by atoms with Crippen LogP contribution in [0.3, 0.4) is 0 Å². The molecule has 0 spiro atoms. The number of aromatic nitrogens is 3. The second kappa shape index (κ2) is 7.39. The maximum atomic E-state index is 13.3. The molecule has 30 heavy (non-hydrogen) atoms. The number of benzene rings is 1. The summed E-state index contributed by atoms with van der Waals surface area (Å²) in [4.78, 5) is 0. The number of nitriles is 1. The molecule has 0 N–H and O–H groups in total. The Kier molecular flexibility index (Phi) is 4.69. The predicted octanol–water partition coefficient (Wildman–Crippen LogP) is 4.91. The Morgan fingerprint density at radius 3 is 2.53 bits per heavy atom. The lowest BCUT2D eigenvalue weighted by Gasteiger charge is -2.35. The van der Waals surface area contributed by atoms with Gasteiger partial charge in [0.05, 0.1) is 17.6 Å². The Hall–Kier alpha value is -2.94.